The van der Waals surface area contributed by atoms with E-state index >= 15 is 0 Å². The van der Waals surface area contributed by atoms with Gasteiger partial charge in [0, 0.05) is 16.3 Å². The Labute approximate surface area is 152 Å². The Kier molecular flexibility index (Phi) is 5.75. The van der Waals surface area contributed by atoms with Gasteiger partial charge in [-0.05, 0) is 41.6 Å². The van der Waals surface area contributed by atoms with Gasteiger partial charge >= 0.3 is 0 Å². The van der Waals surface area contributed by atoms with Crippen molar-refractivity contribution in [3.63, 3.8) is 0 Å². The van der Waals surface area contributed by atoms with Crippen LogP contribution in [0, 0.1) is 0 Å². The molecule has 3 rings (SSSR count). The summed E-state index contributed by atoms with van der Waals surface area (Å²) in [5, 5.41) is 6.11. The second-order valence-corrected chi connectivity index (χ2v) is 6.39. The molecule has 0 saturated carbocycles. The zero-order chi connectivity index (χ0) is 17.5. The molecule has 0 saturated heterocycles. The SMILES string of the molecule is CSc1ccccc1NCC(=O)Nc1ccc(-c2ccccc2)cc1. The van der Waals surface area contributed by atoms with Crippen LogP contribution in [0.4, 0.5) is 11.4 Å². The van der Waals surface area contributed by atoms with E-state index in [1.807, 2.05) is 73.0 Å². The van der Waals surface area contributed by atoms with Crippen molar-refractivity contribution in [1.29, 1.82) is 0 Å². The lowest BCUT2D eigenvalue weighted by Gasteiger charge is -2.11. The van der Waals surface area contributed by atoms with E-state index in [1.54, 1.807) is 11.8 Å². The smallest absolute Gasteiger partial charge is 0.243 e. The third-order valence-electron chi connectivity index (χ3n) is 3.82. The van der Waals surface area contributed by atoms with E-state index in [-0.39, 0.29) is 12.5 Å². The van der Waals surface area contributed by atoms with Crippen molar-refractivity contribution in [1.82, 2.24) is 0 Å². The molecule has 0 spiro atoms. The number of amides is 1. The summed E-state index contributed by atoms with van der Waals surface area (Å²) < 4.78 is 0. The molecule has 0 heterocycles. The van der Waals surface area contributed by atoms with Crippen LogP contribution in [0.1, 0.15) is 0 Å². The van der Waals surface area contributed by atoms with Gasteiger partial charge in [0.05, 0.1) is 6.54 Å². The fourth-order valence-corrected chi connectivity index (χ4v) is 3.12. The number of anilines is 2. The molecule has 0 unspecified atom stereocenters. The van der Waals surface area contributed by atoms with Crippen LogP contribution >= 0.6 is 11.8 Å². The summed E-state index contributed by atoms with van der Waals surface area (Å²) >= 11 is 1.66. The topological polar surface area (TPSA) is 41.1 Å². The summed E-state index contributed by atoms with van der Waals surface area (Å²) in [7, 11) is 0. The van der Waals surface area contributed by atoms with Crippen LogP contribution in [0.25, 0.3) is 11.1 Å². The quantitative estimate of drug-likeness (QED) is 0.607. The molecule has 3 aromatic rings. The van der Waals surface area contributed by atoms with Crippen LogP contribution in [0.2, 0.25) is 0 Å². The number of thioether (sulfide) groups is 1. The van der Waals surface area contributed by atoms with Crippen LogP contribution in [-0.2, 0) is 4.79 Å². The lowest BCUT2D eigenvalue weighted by Crippen LogP contribution is -2.21. The van der Waals surface area contributed by atoms with Gasteiger partial charge in [0.15, 0.2) is 0 Å². The number of hydrogen-bond donors (Lipinski definition) is 2. The van der Waals surface area contributed by atoms with Gasteiger partial charge in [0.25, 0.3) is 0 Å². The van der Waals surface area contributed by atoms with Crippen molar-refractivity contribution in [3.8, 4) is 11.1 Å². The van der Waals surface area contributed by atoms with Gasteiger partial charge in [-0.1, -0.05) is 54.6 Å². The van der Waals surface area contributed by atoms with E-state index in [2.05, 4.69) is 22.8 Å². The molecule has 3 aromatic carbocycles. The number of carbonyl (C=O) groups is 1. The molecule has 0 radical (unpaired) electrons. The van der Waals surface area contributed by atoms with Crippen molar-refractivity contribution in [2.75, 3.05) is 23.4 Å². The Morgan fingerprint density at radius 1 is 0.840 bits per heavy atom. The van der Waals surface area contributed by atoms with Crippen LogP contribution in [0.15, 0.2) is 83.8 Å². The van der Waals surface area contributed by atoms with Gasteiger partial charge in [-0.3, -0.25) is 4.79 Å². The zero-order valence-electron chi connectivity index (χ0n) is 14.0. The van der Waals surface area contributed by atoms with Crippen LogP contribution < -0.4 is 10.6 Å². The second-order valence-electron chi connectivity index (χ2n) is 5.55. The predicted octanol–water partition coefficient (Wildman–Crippen LogP) is 5.13. The Balaban J connectivity index is 1.58. The first-order valence-electron chi connectivity index (χ1n) is 8.08. The first kappa shape index (κ1) is 17.1. The van der Waals surface area contributed by atoms with Gasteiger partial charge in [-0.25, -0.2) is 0 Å². The molecular formula is C21H20N2OS. The molecule has 0 aliphatic heterocycles. The molecule has 4 heteroatoms. The molecule has 126 valence electrons. The highest BCUT2D eigenvalue weighted by Crippen LogP contribution is 2.24. The fraction of sp³-hybridized carbons (Fsp3) is 0.0952. The van der Waals surface area contributed by atoms with Gasteiger partial charge in [-0.2, -0.15) is 0 Å². The summed E-state index contributed by atoms with van der Waals surface area (Å²) in [4.78, 5) is 13.3. The first-order valence-corrected chi connectivity index (χ1v) is 9.31. The van der Waals surface area contributed by atoms with E-state index < -0.39 is 0 Å². The highest BCUT2D eigenvalue weighted by atomic mass is 32.2. The maximum Gasteiger partial charge on any atom is 0.243 e. The number of rotatable bonds is 6. The Hall–Kier alpha value is -2.72. The van der Waals surface area contributed by atoms with Crippen molar-refractivity contribution in [2.45, 2.75) is 4.90 Å². The number of hydrogen-bond acceptors (Lipinski definition) is 3. The van der Waals surface area contributed by atoms with E-state index in [9.17, 15) is 4.79 Å². The Morgan fingerprint density at radius 3 is 2.20 bits per heavy atom. The molecule has 0 atom stereocenters. The van der Waals surface area contributed by atoms with Crippen molar-refractivity contribution < 1.29 is 4.79 Å². The van der Waals surface area contributed by atoms with E-state index in [0.29, 0.717) is 0 Å². The van der Waals surface area contributed by atoms with Crippen molar-refractivity contribution >= 4 is 29.0 Å². The number of benzene rings is 3. The van der Waals surface area contributed by atoms with Gasteiger partial charge in [0.1, 0.15) is 0 Å². The Morgan fingerprint density at radius 2 is 1.48 bits per heavy atom. The van der Waals surface area contributed by atoms with E-state index in [4.69, 9.17) is 0 Å². The normalized spacial score (nSPS) is 10.3. The number of nitrogens with one attached hydrogen (secondary N) is 2. The molecule has 0 bridgehead atoms. The average molecular weight is 348 g/mol. The predicted molar refractivity (Wildman–Crippen MR) is 107 cm³/mol. The van der Waals surface area contributed by atoms with Crippen molar-refractivity contribution in [3.05, 3.63) is 78.9 Å². The minimum absolute atomic E-state index is 0.0663. The molecule has 25 heavy (non-hydrogen) atoms. The lowest BCUT2D eigenvalue weighted by molar-refractivity contribution is -0.114. The van der Waals surface area contributed by atoms with Gasteiger partial charge in [0.2, 0.25) is 5.91 Å². The molecule has 2 N–H and O–H groups in total. The van der Waals surface area contributed by atoms with Crippen LogP contribution in [0.3, 0.4) is 0 Å². The second kappa shape index (κ2) is 8.40. The fourth-order valence-electron chi connectivity index (χ4n) is 2.55. The van der Waals surface area contributed by atoms with Crippen LogP contribution in [0.5, 0.6) is 0 Å². The van der Waals surface area contributed by atoms with Crippen molar-refractivity contribution in [2.24, 2.45) is 0 Å². The molecule has 0 aliphatic carbocycles. The zero-order valence-corrected chi connectivity index (χ0v) is 14.8. The summed E-state index contributed by atoms with van der Waals surface area (Å²) in [6.07, 6.45) is 2.02. The maximum absolute atomic E-state index is 12.2. The Bertz CT molecular complexity index is 832. The molecule has 0 aromatic heterocycles. The third-order valence-corrected chi connectivity index (χ3v) is 4.62. The minimum Gasteiger partial charge on any atom is -0.375 e. The monoisotopic (exact) mass is 348 g/mol. The summed E-state index contributed by atoms with van der Waals surface area (Å²) in [5.41, 5.74) is 4.07. The highest BCUT2D eigenvalue weighted by molar-refractivity contribution is 7.98. The van der Waals surface area contributed by atoms with Gasteiger partial charge in [-0.15, -0.1) is 11.8 Å². The standard InChI is InChI=1S/C21H20N2OS/c1-25-20-10-6-5-9-19(20)22-15-21(24)23-18-13-11-17(12-14-18)16-7-3-2-4-8-16/h2-14,22H,15H2,1H3,(H,23,24). The minimum atomic E-state index is -0.0663. The maximum atomic E-state index is 12.2. The van der Waals surface area contributed by atoms with E-state index in [0.717, 1.165) is 27.4 Å². The molecule has 1 amide bonds. The van der Waals surface area contributed by atoms with Gasteiger partial charge < -0.3 is 10.6 Å². The summed E-state index contributed by atoms with van der Waals surface area (Å²) in [6.45, 7) is 0.234. The summed E-state index contributed by atoms with van der Waals surface area (Å²) in [6, 6.07) is 26.0. The largest absolute Gasteiger partial charge is 0.375 e. The molecule has 3 nitrogen and oxygen atoms in total. The molecule has 0 fully saturated rings. The van der Waals surface area contributed by atoms with Crippen LogP contribution in [-0.4, -0.2) is 18.7 Å². The highest BCUT2D eigenvalue weighted by Gasteiger charge is 2.05. The first-order chi connectivity index (χ1) is 12.3. The van der Waals surface area contributed by atoms with E-state index in [1.165, 1.54) is 0 Å². The number of para-hydroxylation sites is 1. The number of carbonyl (C=O) groups excluding carboxylic acids is 1. The summed E-state index contributed by atoms with van der Waals surface area (Å²) in [5.74, 6) is -0.0663. The lowest BCUT2D eigenvalue weighted by atomic mass is 10.1. The average Bonchev–Trinajstić information content (AvgIpc) is 2.68. The molecule has 0 aliphatic rings. The molecular weight excluding hydrogens is 328 g/mol. The third kappa shape index (κ3) is 4.64.